The number of ether oxygens (including phenoxy) is 1. The van der Waals surface area contributed by atoms with Crippen molar-refractivity contribution in [2.24, 2.45) is 0 Å². The van der Waals surface area contributed by atoms with Crippen molar-refractivity contribution in [3.8, 4) is 5.75 Å². The van der Waals surface area contributed by atoms with E-state index in [1.54, 1.807) is 6.20 Å². The average molecular weight is 321 g/mol. The summed E-state index contributed by atoms with van der Waals surface area (Å²) in [6.45, 7) is -2.84. The van der Waals surface area contributed by atoms with Crippen LogP contribution in [-0.2, 0) is 0 Å². The smallest absolute Gasteiger partial charge is 0.387 e. The summed E-state index contributed by atoms with van der Waals surface area (Å²) in [5, 5.41) is 3.19. The Morgan fingerprint density at radius 3 is 2.72 bits per heavy atom. The molecule has 1 fully saturated rings. The van der Waals surface area contributed by atoms with Crippen molar-refractivity contribution < 1.29 is 13.5 Å². The van der Waals surface area contributed by atoms with Gasteiger partial charge in [0.1, 0.15) is 0 Å². The lowest BCUT2D eigenvalue weighted by molar-refractivity contribution is -0.0496. The number of halogens is 3. The molecule has 0 aromatic carbocycles. The van der Waals surface area contributed by atoms with Gasteiger partial charge in [-0.05, 0) is 34.8 Å². The van der Waals surface area contributed by atoms with Crippen LogP contribution in [0.1, 0.15) is 32.1 Å². The molecule has 18 heavy (non-hydrogen) atoms. The third-order valence-corrected chi connectivity index (χ3v) is 3.42. The maximum Gasteiger partial charge on any atom is 0.387 e. The van der Waals surface area contributed by atoms with Crippen molar-refractivity contribution in [3.05, 3.63) is 16.7 Å². The van der Waals surface area contributed by atoms with Gasteiger partial charge in [0.2, 0.25) is 0 Å². The molecule has 1 aliphatic carbocycles. The molecule has 0 radical (unpaired) electrons. The third kappa shape index (κ3) is 3.80. The van der Waals surface area contributed by atoms with Gasteiger partial charge < -0.3 is 10.1 Å². The molecule has 1 aromatic rings. The number of hydrogen-bond donors (Lipinski definition) is 1. The summed E-state index contributed by atoms with van der Waals surface area (Å²) in [4.78, 5) is 4.11. The van der Waals surface area contributed by atoms with Crippen LogP contribution in [0, 0.1) is 0 Å². The predicted octanol–water partition coefficient (Wildman–Crippen LogP) is 4.19. The number of pyridine rings is 1. The van der Waals surface area contributed by atoms with E-state index in [1.807, 2.05) is 0 Å². The largest absolute Gasteiger partial charge is 0.431 e. The summed E-state index contributed by atoms with van der Waals surface area (Å²) in [6, 6.07) is 1.80. The molecular weight excluding hydrogens is 306 g/mol. The second kappa shape index (κ2) is 6.31. The zero-order valence-electron chi connectivity index (χ0n) is 9.83. The molecule has 3 nitrogen and oxygen atoms in total. The molecule has 0 spiro atoms. The molecule has 0 unspecified atom stereocenters. The van der Waals surface area contributed by atoms with E-state index >= 15 is 0 Å². The van der Waals surface area contributed by atoms with Crippen LogP contribution >= 0.6 is 15.9 Å². The molecule has 0 atom stereocenters. The van der Waals surface area contributed by atoms with Gasteiger partial charge in [0.25, 0.3) is 0 Å². The molecular formula is C12H15BrF2N2O. The van der Waals surface area contributed by atoms with Crippen molar-refractivity contribution >= 4 is 21.7 Å². The van der Waals surface area contributed by atoms with Crippen molar-refractivity contribution in [1.82, 2.24) is 4.98 Å². The van der Waals surface area contributed by atoms with Crippen LogP contribution < -0.4 is 10.1 Å². The molecule has 100 valence electrons. The lowest BCUT2D eigenvalue weighted by atomic mass is 9.95. The maximum absolute atomic E-state index is 12.3. The van der Waals surface area contributed by atoms with Gasteiger partial charge >= 0.3 is 6.61 Å². The molecule has 1 aliphatic rings. The third-order valence-electron chi connectivity index (χ3n) is 2.98. The van der Waals surface area contributed by atoms with Gasteiger partial charge in [-0.1, -0.05) is 19.3 Å². The lowest BCUT2D eigenvalue weighted by Gasteiger charge is -2.24. The Kier molecular flexibility index (Phi) is 4.74. The Morgan fingerprint density at radius 1 is 1.33 bits per heavy atom. The van der Waals surface area contributed by atoms with Crippen LogP contribution in [0.2, 0.25) is 0 Å². The van der Waals surface area contributed by atoms with Crippen LogP contribution in [0.25, 0.3) is 0 Å². The fourth-order valence-electron chi connectivity index (χ4n) is 2.16. The molecule has 0 bridgehead atoms. The Labute approximate surface area is 113 Å². The SMILES string of the molecule is FC(F)Oc1cc(Br)cnc1NC1CCCCC1. The normalized spacial score (nSPS) is 16.9. The van der Waals surface area contributed by atoms with Crippen molar-refractivity contribution in [3.63, 3.8) is 0 Å². The van der Waals surface area contributed by atoms with E-state index in [-0.39, 0.29) is 5.75 Å². The first kappa shape index (κ1) is 13.5. The van der Waals surface area contributed by atoms with Gasteiger partial charge in [-0.2, -0.15) is 8.78 Å². The molecule has 1 heterocycles. The lowest BCUT2D eigenvalue weighted by Crippen LogP contribution is -2.23. The molecule has 2 rings (SSSR count). The standard InChI is InChI=1S/C12H15BrF2N2O/c13-8-6-10(18-12(14)15)11(16-7-8)17-9-4-2-1-3-5-9/h6-7,9,12H,1-5H2,(H,16,17). The number of anilines is 1. The monoisotopic (exact) mass is 320 g/mol. The Bertz CT molecular complexity index is 398. The fourth-order valence-corrected chi connectivity index (χ4v) is 2.47. The van der Waals surface area contributed by atoms with Gasteiger partial charge in [-0.3, -0.25) is 0 Å². The zero-order valence-corrected chi connectivity index (χ0v) is 11.4. The van der Waals surface area contributed by atoms with E-state index in [4.69, 9.17) is 0 Å². The first-order chi connectivity index (χ1) is 8.65. The van der Waals surface area contributed by atoms with Gasteiger partial charge in [-0.25, -0.2) is 4.98 Å². The van der Waals surface area contributed by atoms with E-state index in [2.05, 4.69) is 31.0 Å². The van der Waals surface area contributed by atoms with Gasteiger partial charge in [0.05, 0.1) is 0 Å². The predicted molar refractivity (Wildman–Crippen MR) is 69.1 cm³/mol. The number of nitrogens with zero attached hydrogens (tertiary/aromatic N) is 1. The van der Waals surface area contributed by atoms with E-state index < -0.39 is 6.61 Å². The number of rotatable bonds is 4. The molecule has 1 aromatic heterocycles. The highest BCUT2D eigenvalue weighted by Crippen LogP contribution is 2.30. The topological polar surface area (TPSA) is 34.1 Å². The summed E-state index contributed by atoms with van der Waals surface area (Å²) >= 11 is 3.20. The summed E-state index contributed by atoms with van der Waals surface area (Å²) in [5.41, 5.74) is 0. The quantitative estimate of drug-likeness (QED) is 0.903. The van der Waals surface area contributed by atoms with Gasteiger partial charge in [-0.15, -0.1) is 0 Å². The second-order valence-corrected chi connectivity index (χ2v) is 5.27. The average Bonchev–Trinajstić information content (AvgIpc) is 2.33. The van der Waals surface area contributed by atoms with Crippen molar-refractivity contribution in [2.75, 3.05) is 5.32 Å². The van der Waals surface area contributed by atoms with Gasteiger partial charge in [0, 0.05) is 16.7 Å². The van der Waals surface area contributed by atoms with Crippen LogP contribution in [0.5, 0.6) is 5.75 Å². The second-order valence-electron chi connectivity index (χ2n) is 4.36. The minimum Gasteiger partial charge on any atom is -0.431 e. The molecule has 0 saturated heterocycles. The van der Waals surface area contributed by atoms with Gasteiger partial charge in [0.15, 0.2) is 11.6 Å². The highest BCUT2D eigenvalue weighted by molar-refractivity contribution is 9.10. The van der Waals surface area contributed by atoms with E-state index in [0.717, 1.165) is 12.8 Å². The number of alkyl halides is 2. The Hall–Kier alpha value is -0.910. The molecule has 0 amide bonds. The van der Waals surface area contributed by atoms with Crippen molar-refractivity contribution in [1.29, 1.82) is 0 Å². The molecule has 1 N–H and O–H groups in total. The molecule has 0 aliphatic heterocycles. The zero-order chi connectivity index (χ0) is 13.0. The minimum atomic E-state index is -2.84. The first-order valence-electron chi connectivity index (χ1n) is 6.02. The van der Waals surface area contributed by atoms with Crippen LogP contribution in [-0.4, -0.2) is 17.6 Å². The number of nitrogens with one attached hydrogen (secondary N) is 1. The summed E-state index contributed by atoms with van der Waals surface area (Å²) < 4.78 is 29.7. The van der Waals surface area contributed by atoms with Crippen molar-refractivity contribution in [2.45, 2.75) is 44.8 Å². The van der Waals surface area contributed by atoms with E-state index in [0.29, 0.717) is 16.3 Å². The molecule has 1 saturated carbocycles. The van der Waals surface area contributed by atoms with Crippen LogP contribution in [0.4, 0.5) is 14.6 Å². The summed E-state index contributed by atoms with van der Waals surface area (Å²) in [5.74, 6) is 0.482. The molecule has 6 heteroatoms. The Morgan fingerprint density at radius 2 is 2.06 bits per heavy atom. The fraction of sp³-hybridized carbons (Fsp3) is 0.583. The maximum atomic E-state index is 12.3. The van der Waals surface area contributed by atoms with E-state index in [9.17, 15) is 8.78 Å². The summed E-state index contributed by atoms with van der Waals surface area (Å²) in [6.07, 6.45) is 7.24. The van der Waals surface area contributed by atoms with E-state index in [1.165, 1.54) is 25.3 Å². The highest BCUT2D eigenvalue weighted by atomic mass is 79.9. The van der Waals surface area contributed by atoms with Crippen LogP contribution in [0.3, 0.4) is 0 Å². The summed E-state index contributed by atoms with van der Waals surface area (Å²) in [7, 11) is 0. The minimum absolute atomic E-state index is 0.0879. The number of hydrogen-bond acceptors (Lipinski definition) is 3. The highest BCUT2D eigenvalue weighted by Gasteiger charge is 2.17. The van der Waals surface area contributed by atoms with Crippen LogP contribution in [0.15, 0.2) is 16.7 Å². The number of aromatic nitrogens is 1. The Balaban J connectivity index is 2.09. The first-order valence-corrected chi connectivity index (χ1v) is 6.81.